The monoisotopic (exact) mass is 627 g/mol. The van der Waals surface area contributed by atoms with Crippen molar-refractivity contribution in [1.29, 1.82) is 0 Å². The van der Waals surface area contributed by atoms with Crippen LogP contribution in [-0.2, 0) is 40.0 Å². The molecule has 0 bridgehead atoms. The molecule has 0 heterocycles. The van der Waals surface area contributed by atoms with Gasteiger partial charge in [0.05, 0.1) is 12.3 Å². The van der Waals surface area contributed by atoms with E-state index in [9.17, 15) is 9.59 Å². The second-order valence-corrected chi connectivity index (χ2v) is 5.98. The van der Waals surface area contributed by atoms with E-state index in [0.29, 0.717) is 13.0 Å². The molecule has 3 unspecified atom stereocenters. The standard InChI is InChI=1S/C10H19NO4.C5H11NO2.H3O4P.Pt/c1-3-11(4-2)6-5-8(10(14)15)7-9(12)13;1-4(2-7)5(6)3-8;1-3-5-4-2;/h8H,3-7H2,1-2H3,(H,12,13)(H,14,15);4-8H,1-3H2;1-2,5H;/q;-2;;+2. The molecule has 0 aromatic heterocycles. The fourth-order valence-corrected chi connectivity index (χ4v) is 1.73. The minimum Gasteiger partial charge on any atom is -0.675 e. The number of aliphatic hydroxyl groups excluding tert-OH is 2. The second-order valence-electron chi connectivity index (χ2n) is 5.45. The molecule has 0 aromatic carbocycles. The Hall–Kier alpha value is -0.262. The van der Waals surface area contributed by atoms with Crippen molar-refractivity contribution in [3.63, 3.8) is 0 Å². The molecule has 3 atom stereocenters. The Morgan fingerprint density at radius 1 is 1.10 bits per heavy atom. The molecule has 0 rings (SSSR count). The Kier molecular flexibility index (Phi) is 32.1. The van der Waals surface area contributed by atoms with Crippen LogP contribution >= 0.6 is 9.03 Å². The molecule has 0 amide bonds. The van der Waals surface area contributed by atoms with Crippen LogP contribution in [0.1, 0.15) is 26.7 Å². The molecule has 0 fully saturated rings. The summed E-state index contributed by atoms with van der Waals surface area (Å²) in [5.41, 5.74) is 6.95. The predicted molar refractivity (Wildman–Crippen MR) is 103 cm³/mol. The molecule has 29 heavy (non-hydrogen) atoms. The summed E-state index contributed by atoms with van der Waals surface area (Å²) in [6.45, 7) is 9.42. The van der Waals surface area contributed by atoms with Crippen LogP contribution < -0.4 is 0 Å². The maximum Gasteiger partial charge on any atom is 2.00 e. The molecule has 0 aliphatic heterocycles. The number of hydrogen-bond donors (Lipinski definition) is 6. The normalized spacial score (nSPS) is 13.0. The fourth-order valence-electron chi connectivity index (χ4n) is 1.69. The van der Waals surface area contributed by atoms with Crippen LogP contribution in [0.5, 0.6) is 0 Å². The van der Waals surface area contributed by atoms with Crippen LogP contribution in [0.4, 0.5) is 0 Å². The van der Waals surface area contributed by atoms with Gasteiger partial charge in [0.2, 0.25) is 9.03 Å². The molecule has 14 heteroatoms. The summed E-state index contributed by atoms with van der Waals surface area (Å²) < 4.78 is 6.49. The third-order valence-electron chi connectivity index (χ3n) is 3.53. The number of nitrogens with one attached hydrogen (secondary N) is 1. The van der Waals surface area contributed by atoms with Gasteiger partial charge in [0.1, 0.15) is 0 Å². The van der Waals surface area contributed by atoms with Crippen molar-refractivity contribution in [3.8, 4) is 0 Å². The van der Waals surface area contributed by atoms with Crippen LogP contribution in [0.3, 0.4) is 0 Å². The van der Waals surface area contributed by atoms with Gasteiger partial charge in [-0.15, -0.1) is 6.04 Å². The van der Waals surface area contributed by atoms with Gasteiger partial charge in [-0.2, -0.15) is 15.3 Å². The Bertz CT molecular complexity index is 371. The Balaban J connectivity index is -0.000000187. The van der Waals surface area contributed by atoms with Crippen molar-refractivity contribution in [1.82, 2.24) is 4.90 Å². The van der Waals surface area contributed by atoms with Gasteiger partial charge in [0.15, 0.2) is 0 Å². The molecule has 7 N–H and O–H groups in total. The first-order valence-corrected chi connectivity index (χ1v) is 9.25. The number of carbonyl (C=O) groups is 2. The zero-order valence-electron chi connectivity index (χ0n) is 16.5. The van der Waals surface area contributed by atoms with E-state index < -0.39 is 32.9 Å². The van der Waals surface area contributed by atoms with Crippen LogP contribution in [0.25, 0.3) is 5.73 Å². The van der Waals surface area contributed by atoms with Crippen LogP contribution in [0.2, 0.25) is 0 Å². The number of aliphatic hydroxyl groups is 2. The molecular weight excluding hydrogens is 594 g/mol. The van der Waals surface area contributed by atoms with E-state index in [4.69, 9.17) is 36.7 Å². The molecule has 0 radical (unpaired) electrons. The summed E-state index contributed by atoms with van der Waals surface area (Å²) in [4.78, 5) is 23.2. The molecule has 0 aromatic rings. The van der Waals surface area contributed by atoms with E-state index >= 15 is 0 Å². The average molecular weight is 627 g/mol. The summed E-state index contributed by atoms with van der Waals surface area (Å²) >= 11 is 0. The average Bonchev–Trinajstić information content (AvgIpc) is 2.67. The van der Waals surface area contributed by atoms with Gasteiger partial charge in [-0.1, -0.05) is 13.8 Å². The van der Waals surface area contributed by atoms with Crippen LogP contribution in [-0.4, -0.2) is 86.7 Å². The maximum atomic E-state index is 10.7. The summed E-state index contributed by atoms with van der Waals surface area (Å²) in [5, 5.41) is 48.6. The third-order valence-corrected chi connectivity index (χ3v) is 3.68. The number of carboxylic acids is 2. The van der Waals surface area contributed by atoms with Crippen LogP contribution in [0, 0.1) is 18.8 Å². The fraction of sp³-hybridized carbons (Fsp3) is 0.800. The summed E-state index contributed by atoms with van der Waals surface area (Å²) in [6.07, 6.45) is 0.0971. The van der Waals surface area contributed by atoms with Crippen molar-refractivity contribution >= 4 is 21.0 Å². The Morgan fingerprint density at radius 2 is 1.59 bits per heavy atom. The van der Waals surface area contributed by atoms with Crippen molar-refractivity contribution in [2.45, 2.75) is 32.7 Å². The first-order valence-electron chi connectivity index (χ1n) is 8.43. The molecule has 178 valence electrons. The van der Waals surface area contributed by atoms with Gasteiger partial charge >= 0.3 is 33.0 Å². The molecule has 0 saturated carbocycles. The molecular formula is C15H33N2O10PPt. The van der Waals surface area contributed by atoms with E-state index in [0.717, 1.165) is 13.1 Å². The van der Waals surface area contributed by atoms with Crippen molar-refractivity contribution in [3.05, 3.63) is 12.7 Å². The van der Waals surface area contributed by atoms with Crippen LogP contribution in [0.15, 0.2) is 0 Å². The predicted octanol–water partition coefficient (Wildman–Crippen LogP) is 1.21. The number of rotatable bonds is 13. The first-order chi connectivity index (χ1) is 13.1. The quantitative estimate of drug-likeness (QED) is 0.0742. The van der Waals surface area contributed by atoms with Gasteiger partial charge in [0.25, 0.3) is 0 Å². The minimum atomic E-state index is -1.05. The van der Waals surface area contributed by atoms with Crippen molar-refractivity contribution < 1.29 is 70.9 Å². The molecule has 12 nitrogen and oxygen atoms in total. The zero-order chi connectivity index (χ0) is 22.5. The molecule has 0 aliphatic carbocycles. The summed E-state index contributed by atoms with van der Waals surface area (Å²) in [7, 11) is -0.691. The molecule has 0 saturated heterocycles. The number of aliphatic carboxylic acids is 2. The first kappa shape index (κ1) is 36.1. The van der Waals surface area contributed by atoms with Crippen molar-refractivity contribution in [2.24, 2.45) is 11.8 Å². The van der Waals surface area contributed by atoms with Gasteiger partial charge in [-0.05, 0) is 26.1 Å². The van der Waals surface area contributed by atoms with E-state index in [1.807, 2.05) is 13.8 Å². The van der Waals surface area contributed by atoms with Gasteiger partial charge < -0.3 is 38.0 Å². The number of hydrogen-bond acceptors (Lipinski definition) is 9. The second kappa shape index (κ2) is 25.8. The SMILES string of the molecule is CCN(CC)CCC(CC(=O)O)C(=O)O.OOPOO.[CH2-]C(CO)C([NH-])CO.[Pt+2]. The maximum absolute atomic E-state index is 10.7. The Morgan fingerprint density at radius 3 is 1.79 bits per heavy atom. The van der Waals surface area contributed by atoms with Gasteiger partial charge in [0, 0.05) is 13.2 Å². The molecule has 0 spiro atoms. The summed E-state index contributed by atoms with van der Waals surface area (Å²) in [6, 6.07) is -0.639. The topological polar surface area (TPSA) is 201 Å². The van der Waals surface area contributed by atoms with E-state index in [1.165, 1.54) is 0 Å². The minimum absolute atomic E-state index is 0. The zero-order valence-corrected chi connectivity index (χ0v) is 19.7. The van der Waals surface area contributed by atoms with E-state index in [-0.39, 0.29) is 46.6 Å². The number of carboxylic acid groups (broad SMARTS) is 2. The molecule has 0 aliphatic rings. The van der Waals surface area contributed by atoms with Crippen molar-refractivity contribution in [2.75, 3.05) is 32.8 Å². The summed E-state index contributed by atoms with van der Waals surface area (Å²) in [5.74, 6) is -3.21. The van der Waals surface area contributed by atoms with E-state index in [1.54, 1.807) is 0 Å². The number of nitrogens with zero attached hydrogens (tertiary/aromatic N) is 1. The third kappa shape index (κ3) is 25.7. The van der Waals surface area contributed by atoms with E-state index in [2.05, 4.69) is 21.2 Å². The smallest absolute Gasteiger partial charge is 0.675 e. The largest absolute Gasteiger partial charge is 2.00 e. The Labute approximate surface area is 187 Å². The van der Waals surface area contributed by atoms with Gasteiger partial charge in [-0.3, -0.25) is 9.59 Å². The van der Waals surface area contributed by atoms with Gasteiger partial charge in [-0.25, -0.2) is 10.5 Å².